The Labute approximate surface area is 103 Å². The Bertz CT molecular complexity index is 375. The third-order valence-corrected chi connectivity index (χ3v) is 3.58. The van der Waals surface area contributed by atoms with Crippen LogP contribution in [0.4, 0.5) is 0 Å². The topological polar surface area (TPSA) is 53.1 Å². The zero-order valence-corrected chi connectivity index (χ0v) is 11.0. The van der Waals surface area contributed by atoms with Crippen molar-refractivity contribution in [3.05, 3.63) is 17.5 Å². The van der Waals surface area contributed by atoms with E-state index in [0.29, 0.717) is 6.10 Å². The second kappa shape index (κ2) is 5.19. The zero-order chi connectivity index (χ0) is 12.4. The van der Waals surface area contributed by atoms with Crippen molar-refractivity contribution in [2.75, 3.05) is 0 Å². The molecule has 0 amide bonds. The first-order valence-corrected chi connectivity index (χ1v) is 6.53. The molecule has 96 valence electrons. The summed E-state index contributed by atoms with van der Waals surface area (Å²) < 4.78 is 7.76. The minimum Gasteiger partial charge on any atom is -0.374 e. The van der Waals surface area contributed by atoms with Crippen molar-refractivity contribution >= 4 is 0 Å². The molecule has 1 aromatic heterocycles. The molecule has 2 rings (SSSR count). The van der Waals surface area contributed by atoms with Crippen LogP contribution < -0.4 is 5.73 Å². The maximum Gasteiger partial charge on any atom is 0.0734 e. The minimum atomic E-state index is 0.0834. The molecule has 17 heavy (non-hydrogen) atoms. The van der Waals surface area contributed by atoms with Crippen molar-refractivity contribution in [2.45, 2.75) is 57.8 Å². The molecular weight excluding hydrogens is 214 g/mol. The lowest BCUT2D eigenvalue weighted by Gasteiger charge is -2.19. The third kappa shape index (κ3) is 2.87. The normalized spacial score (nSPS) is 26.4. The van der Waals surface area contributed by atoms with E-state index in [1.54, 1.807) is 0 Å². The van der Waals surface area contributed by atoms with E-state index in [4.69, 9.17) is 10.5 Å². The van der Waals surface area contributed by atoms with E-state index in [9.17, 15) is 0 Å². The van der Waals surface area contributed by atoms with Crippen LogP contribution in [0.5, 0.6) is 0 Å². The quantitative estimate of drug-likeness (QED) is 0.861. The number of nitrogens with two attached hydrogens (primary N) is 1. The first-order valence-electron chi connectivity index (χ1n) is 6.53. The number of aryl methyl sites for hydroxylation is 2. The van der Waals surface area contributed by atoms with Gasteiger partial charge < -0.3 is 10.5 Å². The van der Waals surface area contributed by atoms with Gasteiger partial charge in [0, 0.05) is 25.2 Å². The predicted molar refractivity (Wildman–Crippen MR) is 67.8 cm³/mol. The van der Waals surface area contributed by atoms with E-state index >= 15 is 0 Å². The summed E-state index contributed by atoms with van der Waals surface area (Å²) in [7, 11) is 1.99. The van der Waals surface area contributed by atoms with Gasteiger partial charge in [-0.1, -0.05) is 6.92 Å². The average molecular weight is 237 g/mol. The maximum absolute atomic E-state index is 6.23. The number of rotatable bonds is 4. The monoisotopic (exact) mass is 237 g/mol. The van der Waals surface area contributed by atoms with Gasteiger partial charge in [-0.3, -0.25) is 4.68 Å². The summed E-state index contributed by atoms with van der Waals surface area (Å²) in [5.41, 5.74) is 8.57. The highest BCUT2D eigenvalue weighted by Gasteiger charge is 2.27. The highest BCUT2D eigenvalue weighted by atomic mass is 16.5. The summed E-state index contributed by atoms with van der Waals surface area (Å²) in [5.74, 6) is 0. The van der Waals surface area contributed by atoms with E-state index in [1.165, 1.54) is 5.69 Å². The Morgan fingerprint density at radius 2 is 2.35 bits per heavy atom. The molecule has 1 aromatic rings. The molecule has 0 aliphatic carbocycles. The van der Waals surface area contributed by atoms with Gasteiger partial charge in [0.25, 0.3) is 0 Å². The molecule has 1 aliphatic rings. The van der Waals surface area contributed by atoms with Crippen molar-refractivity contribution < 1.29 is 4.74 Å². The van der Waals surface area contributed by atoms with Crippen LogP contribution in [0.3, 0.4) is 0 Å². The van der Waals surface area contributed by atoms with E-state index in [-0.39, 0.29) is 12.1 Å². The first kappa shape index (κ1) is 12.6. The lowest BCUT2D eigenvalue weighted by Crippen LogP contribution is -2.37. The van der Waals surface area contributed by atoms with Gasteiger partial charge in [-0.05, 0) is 32.3 Å². The summed E-state index contributed by atoms with van der Waals surface area (Å²) in [5, 5.41) is 4.44. The number of nitrogens with zero attached hydrogens (tertiary/aromatic N) is 2. The fourth-order valence-corrected chi connectivity index (χ4v) is 2.46. The molecule has 4 heteroatoms. The standard InChI is InChI=1S/C13H23N3O/c1-4-10-7-11(16(3)15-10)8-12(14)13-6-5-9(2)17-13/h7,9,12-13H,4-6,8,14H2,1-3H3. The smallest absolute Gasteiger partial charge is 0.0734 e. The van der Waals surface area contributed by atoms with E-state index < -0.39 is 0 Å². The average Bonchev–Trinajstić information content (AvgIpc) is 2.86. The number of ether oxygens (including phenoxy) is 1. The fraction of sp³-hybridized carbons (Fsp3) is 0.769. The molecule has 0 aromatic carbocycles. The fourth-order valence-electron chi connectivity index (χ4n) is 2.46. The van der Waals surface area contributed by atoms with Gasteiger partial charge in [-0.2, -0.15) is 5.10 Å². The van der Waals surface area contributed by atoms with E-state index in [2.05, 4.69) is 25.0 Å². The van der Waals surface area contributed by atoms with Crippen LogP contribution in [0.1, 0.15) is 38.1 Å². The van der Waals surface area contributed by atoms with Crippen LogP contribution in [-0.2, 0) is 24.6 Å². The maximum atomic E-state index is 6.23. The molecule has 2 heterocycles. The van der Waals surface area contributed by atoms with Gasteiger partial charge in [0.15, 0.2) is 0 Å². The minimum absolute atomic E-state index is 0.0834. The molecule has 0 radical (unpaired) electrons. The largest absolute Gasteiger partial charge is 0.374 e. The SMILES string of the molecule is CCc1cc(CC(N)C2CCC(C)O2)n(C)n1. The molecule has 3 atom stereocenters. The van der Waals surface area contributed by atoms with Gasteiger partial charge in [0.2, 0.25) is 0 Å². The second-order valence-electron chi connectivity index (χ2n) is 5.03. The van der Waals surface area contributed by atoms with E-state index in [0.717, 1.165) is 31.4 Å². The van der Waals surface area contributed by atoms with Gasteiger partial charge >= 0.3 is 0 Å². The van der Waals surface area contributed by atoms with Crippen molar-refractivity contribution in [1.82, 2.24) is 9.78 Å². The van der Waals surface area contributed by atoms with Gasteiger partial charge in [-0.25, -0.2) is 0 Å². The molecule has 4 nitrogen and oxygen atoms in total. The Kier molecular flexibility index (Phi) is 3.84. The number of hydrogen-bond acceptors (Lipinski definition) is 3. The Morgan fingerprint density at radius 1 is 1.59 bits per heavy atom. The molecular formula is C13H23N3O. The first-order chi connectivity index (χ1) is 8.10. The van der Waals surface area contributed by atoms with Crippen LogP contribution in [0.2, 0.25) is 0 Å². The highest BCUT2D eigenvalue weighted by molar-refractivity contribution is 5.12. The molecule has 0 saturated carbocycles. The number of hydrogen-bond donors (Lipinski definition) is 1. The summed E-state index contributed by atoms with van der Waals surface area (Å²) in [6.45, 7) is 4.24. The summed E-state index contributed by atoms with van der Waals surface area (Å²) in [6, 6.07) is 2.23. The molecule has 3 unspecified atom stereocenters. The second-order valence-corrected chi connectivity index (χ2v) is 5.03. The lowest BCUT2D eigenvalue weighted by molar-refractivity contribution is 0.0401. The van der Waals surface area contributed by atoms with Crippen LogP contribution in [0, 0.1) is 0 Å². The predicted octanol–water partition coefficient (Wildman–Crippen LogP) is 1.42. The van der Waals surface area contributed by atoms with Gasteiger partial charge in [0.05, 0.1) is 17.9 Å². The molecule has 1 fully saturated rings. The van der Waals surface area contributed by atoms with Crippen molar-refractivity contribution in [3.8, 4) is 0 Å². The molecule has 1 aliphatic heterocycles. The molecule has 2 N–H and O–H groups in total. The Balaban J connectivity index is 1.97. The molecule has 0 spiro atoms. The van der Waals surface area contributed by atoms with Gasteiger partial charge in [-0.15, -0.1) is 0 Å². The molecule has 1 saturated heterocycles. The van der Waals surface area contributed by atoms with Crippen molar-refractivity contribution in [2.24, 2.45) is 12.8 Å². The summed E-state index contributed by atoms with van der Waals surface area (Å²) in [4.78, 5) is 0. The zero-order valence-electron chi connectivity index (χ0n) is 11.0. The Morgan fingerprint density at radius 3 is 2.88 bits per heavy atom. The van der Waals surface area contributed by atoms with Crippen molar-refractivity contribution in [1.29, 1.82) is 0 Å². The van der Waals surface area contributed by atoms with Crippen LogP contribution >= 0.6 is 0 Å². The number of aromatic nitrogens is 2. The van der Waals surface area contributed by atoms with Crippen LogP contribution in [0.25, 0.3) is 0 Å². The highest BCUT2D eigenvalue weighted by Crippen LogP contribution is 2.22. The van der Waals surface area contributed by atoms with E-state index in [1.807, 2.05) is 11.7 Å². The lowest BCUT2D eigenvalue weighted by atomic mass is 10.0. The van der Waals surface area contributed by atoms with Crippen molar-refractivity contribution in [3.63, 3.8) is 0 Å². The molecule has 0 bridgehead atoms. The van der Waals surface area contributed by atoms with Crippen LogP contribution in [-0.4, -0.2) is 28.0 Å². The Hall–Kier alpha value is -0.870. The summed E-state index contributed by atoms with van der Waals surface area (Å²) in [6.07, 6.45) is 4.61. The summed E-state index contributed by atoms with van der Waals surface area (Å²) >= 11 is 0. The van der Waals surface area contributed by atoms with Gasteiger partial charge in [0.1, 0.15) is 0 Å². The third-order valence-electron chi connectivity index (χ3n) is 3.58. The van der Waals surface area contributed by atoms with Crippen LogP contribution in [0.15, 0.2) is 6.07 Å².